The van der Waals surface area contributed by atoms with Crippen molar-refractivity contribution in [2.75, 3.05) is 0 Å². The SMILES string of the molecule is [N-]=[N+]=NS(=O)(=O)N=[N+]=[N-].[N-]=[N+]=NS(=O)(=O)c1ccc(C(=O)O)cc1. The van der Waals surface area contributed by atoms with Gasteiger partial charge in [0.25, 0.3) is 10.0 Å². The van der Waals surface area contributed by atoms with Crippen molar-refractivity contribution in [3.8, 4) is 0 Å². The zero-order chi connectivity index (χ0) is 18.8. The molecule has 1 rings (SSSR count). The van der Waals surface area contributed by atoms with Gasteiger partial charge in [-0.2, -0.15) is 0 Å². The molecule has 0 unspecified atom stereocenters. The van der Waals surface area contributed by atoms with E-state index in [0.717, 1.165) is 24.3 Å². The number of azide groups is 2. The topological polar surface area (TPSA) is 252 Å². The van der Waals surface area contributed by atoms with Crippen molar-refractivity contribution in [3.05, 3.63) is 61.2 Å². The summed E-state index contributed by atoms with van der Waals surface area (Å²) in [6, 6.07) is 4.35. The van der Waals surface area contributed by atoms with Crippen LogP contribution >= 0.6 is 0 Å². The number of carbonyl (C=O) groups is 1. The maximum atomic E-state index is 11.1. The Morgan fingerprint density at radius 3 is 1.62 bits per heavy atom. The predicted octanol–water partition coefficient (Wildman–Crippen LogP) is 2.24. The Bertz CT molecular complexity index is 940. The molecule has 0 aliphatic heterocycles. The van der Waals surface area contributed by atoms with Gasteiger partial charge in [0.1, 0.15) is 0 Å². The van der Waals surface area contributed by atoms with E-state index in [0.29, 0.717) is 0 Å². The molecule has 0 spiro atoms. The molecule has 1 aromatic carbocycles. The van der Waals surface area contributed by atoms with Gasteiger partial charge in [-0.15, -0.1) is 0 Å². The van der Waals surface area contributed by atoms with Gasteiger partial charge in [0.2, 0.25) is 0 Å². The van der Waals surface area contributed by atoms with Gasteiger partial charge in [0.05, 0.1) is 10.5 Å². The maximum absolute atomic E-state index is 11.1. The predicted molar refractivity (Wildman–Crippen MR) is 76.9 cm³/mol. The summed E-state index contributed by atoms with van der Waals surface area (Å²) in [4.78, 5) is 16.2. The van der Waals surface area contributed by atoms with Gasteiger partial charge in [-0.1, -0.05) is 0 Å². The number of hydrogen-bond donors (Lipinski definition) is 1. The third-order valence-electron chi connectivity index (χ3n) is 1.82. The van der Waals surface area contributed by atoms with Crippen LogP contribution in [-0.2, 0) is 20.2 Å². The number of aromatic carboxylic acids is 1. The Morgan fingerprint density at radius 1 is 0.875 bits per heavy atom. The molecule has 24 heavy (non-hydrogen) atoms. The molecular weight excluding hydrogens is 370 g/mol. The first-order chi connectivity index (χ1) is 11.1. The van der Waals surface area contributed by atoms with Crippen molar-refractivity contribution in [3.63, 3.8) is 0 Å². The largest absolute Gasteiger partial charge is 0.478 e. The van der Waals surface area contributed by atoms with Crippen molar-refractivity contribution in [2.24, 2.45) is 13.6 Å². The molecule has 0 atom stereocenters. The molecule has 0 aliphatic carbocycles. The standard InChI is InChI=1S/C7H5N3O4S.N6O2S/c8-9-10-15(13,14)6-3-1-5(2-4-6)7(11)12;1-3-5-9(7,8)6-4-2/h1-4H,(H,11,12);. The molecule has 0 heterocycles. The molecular formula is C7H5N9O6S2. The van der Waals surface area contributed by atoms with E-state index < -0.39 is 26.2 Å². The summed E-state index contributed by atoms with van der Waals surface area (Å²) in [5, 5.41) is 8.55. The van der Waals surface area contributed by atoms with Gasteiger partial charge < -0.3 is 5.11 Å². The highest BCUT2D eigenvalue weighted by atomic mass is 32.2. The number of nitrogens with zero attached hydrogens (tertiary/aromatic N) is 9. The average Bonchev–Trinajstić information content (AvgIpc) is 2.47. The minimum Gasteiger partial charge on any atom is -0.478 e. The van der Waals surface area contributed by atoms with E-state index in [1.807, 2.05) is 9.82 Å². The van der Waals surface area contributed by atoms with Crippen LogP contribution in [-0.4, -0.2) is 27.9 Å². The number of sulfonamides is 1. The van der Waals surface area contributed by atoms with Gasteiger partial charge in [-0.25, -0.2) is 21.6 Å². The molecule has 0 radical (unpaired) electrons. The second kappa shape index (κ2) is 8.84. The first-order valence-electron chi connectivity index (χ1n) is 5.12. The van der Waals surface area contributed by atoms with Gasteiger partial charge in [-0.3, -0.25) is 0 Å². The Labute approximate surface area is 133 Å². The summed E-state index contributed by atoms with van der Waals surface area (Å²) in [5.41, 5.74) is 23.0. The summed E-state index contributed by atoms with van der Waals surface area (Å²) < 4.78 is 49.2. The highest BCUT2D eigenvalue weighted by Gasteiger charge is 2.12. The fourth-order valence-electron chi connectivity index (χ4n) is 0.973. The highest BCUT2D eigenvalue weighted by Crippen LogP contribution is 2.13. The summed E-state index contributed by atoms with van der Waals surface area (Å²) in [7, 11) is -8.30. The highest BCUT2D eigenvalue weighted by molar-refractivity contribution is 7.90. The zero-order valence-electron chi connectivity index (χ0n) is 11.1. The lowest BCUT2D eigenvalue weighted by molar-refractivity contribution is 0.0696. The smallest absolute Gasteiger partial charge is 0.335 e. The fourth-order valence-corrected chi connectivity index (χ4v) is 1.86. The van der Waals surface area contributed by atoms with Crippen molar-refractivity contribution >= 4 is 26.2 Å². The van der Waals surface area contributed by atoms with E-state index in [1.165, 1.54) is 0 Å². The molecule has 0 aromatic heterocycles. The third-order valence-corrected chi connectivity index (χ3v) is 3.54. The molecule has 126 valence electrons. The monoisotopic (exact) mass is 375 g/mol. The van der Waals surface area contributed by atoms with Gasteiger partial charge in [0.15, 0.2) is 0 Å². The van der Waals surface area contributed by atoms with E-state index in [2.05, 4.69) is 18.5 Å². The Morgan fingerprint density at radius 2 is 1.29 bits per heavy atom. The molecule has 0 bridgehead atoms. The van der Waals surface area contributed by atoms with Crippen LogP contribution in [0.3, 0.4) is 0 Å². The van der Waals surface area contributed by atoms with E-state index in [1.54, 1.807) is 0 Å². The molecule has 0 saturated carbocycles. The minimum absolute atomic E-state index is 0.0464. The van der Waals surface area contributed by atoms with Crippen LogP contribution in [0.4, 0.5) is 0 Å². The van der Waals surface area contributed by atoms with Crippen molar-refractivity contribution < 1.29 is 26.7 Å². The molecule has 0 aliphatic rings. The van der Waals surface area contributed by atoms with Crippen molar-refractivity contribution in [2.45, 2.75) is 4.90 Å². The molecule has 0 fully saturated rings. The van der Waals surface area contributed by atoms with Gasteiger partial charge in [-0.05, 0) is 40.9 Å². The Hall–Kier alpha value is -3.48. The van der Waals surface area contributed by atoms with E-state index in [4.69, 9.17) is 21.7 Å². The zero-order valence-corrected chi connectivity index (χ0v) is 12.8. The average molecular weight is 375 g/mol. The molecule has 17 heteroatoms. The summed E-state index contributed by atoms with van der Waals surface area (Å²) >= 11 is 0. The van der Waals surface area contributed by atoms with Crippen LogP contribution in [0.15, 0.2) is 42.7 Å². The van der Waals surface area contributed by atoms with E-state index in [9.17, 15) is 21.6 Å². The normalized spacial score (nSPS) is 9.83. The van der Waals surface area contributed by atoms with Crippen LogP contribution in [0.1, 0.15) is 10.4 Å². The van der Waals surface area contributed by atoms with Crippen LogP contribution in [0, 0.1) is 0 Å². The van der Waals surface area contributed by atoms with Gasteiger partial charge in [0, 0.05) is 28.3 Å². The molecule has 0 saturated heterocycles. The minimum atomic E-state index is -4.27. The van der Waals surface area contributed by atoms with Crippen LogP contribution in [0.5, 0.6) is 0 Å². The van der Waals surface area contributed by atoms with E-state index in [-0.39, 0.29) is 10.5 Å². The Balaban J connectivity index is 0.000000506. The molecule has 0 amide bonds. The second-order valence-electron chi connectivity index (χ2n) is 3.27. The first kappa shape index (κ1) is 20.5. The number of carboxylic acid groups (broad SMARTS) is 1. The lowest BCUT2D eigenvalue weighted by Crippen LogP contribution is -1.99. The van der Waals surface area contributed by atoms with Crippen LogP contribution in [0.25, 0.3) is 31.3 Å². The lowest BCUT2D eigenvalue weighted by atomic mass is 10.2. The number of benzene rings is 1. The maximum Gasteiger partial charge on any atom is 0.335 e. The summed E-state index contributed by atoms with van der Waals surface area (Å²) in [6.45, 7) is 0. The first-order valence-corrected chi connectivity index (χ1v) is 7.95. The van der Waals surface area contributed by atoms with Crippen molar-refractivity contribution in [1.82, 2.24) is 0 Å². The number of hydrogen-bond acceptors (Lipinski definition) is 5. The number of rotatable bonds is 5. The fraction of sp³-hybridized carbons (Fsp3) is 0. The van der Waals surface area contributed by atoms with Crippen LogP contribution < -0.4 is 0 Å². The van der Waals surface area contributed by atoms with Crippen LogP contribution in [0.2, 0.25) is 0 Å². The Kier molecular flexibility index (Phi) is 7.56. The summed E-state index contributed by atoms with van der Waals surface area (Å²) in [6.07, 6.45) is 0. The molecule has 1 aromatic rings. The van der Waals surface area contributed by atoms with E-state index >= 15 is 0 Å². The second-order valence-corrected chi connectivity index (χ2v) is 6.07. The third kappa shape index (κ3) is 6.99. The molecule has 1 N–H and O–H groups in total. The molecule has 15 nitrogen and oxygen atoms in total. The van der Waals surface area contributed by atoms with Crippen molar-refractivity contribution in [1.29, 1.82) is 0 Å². The summed E-state index contributed by atoms with van der Waals surface area (Å²) in [5.74, 6) is -1.16. The lowest BCUT2D eigenvalue weighted by Gasteiger charge is -1.97. The quantitative estimate of drug-likeness (QED) is 0.458. The number of carboxylic acids is 1. The van der Waals surface area contributed by atoms with Gasteiger partial charge >= 0.3 is 16.2 Å².